The molecule has 2 fully saturated rings. The molecule has 4 nitrogen and oxygen atoms in total. The van der Waals surface area contributed by atoms with Crippen LogP contribution in [-0.4, -0.2) is 35.3 Å². The van der Waals surface area contributed by atoms with E-state index in [0.29, 0.717) is 12.3 Å². The smallest absolute Gasteiger partial charge is 0.245 e. The van der Waals surface area contributed by atoms with Crippen LogP contribution in [0.1, 0.15) is 40.0 Å². The van der Waals surface area contributed by atoms with Crippen molar-refractivity contribution in [2.24, 2.45) is 11.8 Å². The third-order valence-corrected chi connectivity index (χ3v) is 4.06. The van der Waals surface area contributed by atoms with E-state index in [0.717, 1.165) is 12.5 Å². The van der Waals surface area contributed by atoms with Gasteiger partial charge in [-0.05, 0) is 38.0 Å². The molecule has 0 spiro atoms. The van der Waals surface area contributed by atoms with Gasteiger partial charge in [-0.3, -0.25) is 9.59 Å². The summed E-state index contributed by atoms with van der Waals surface area (Å²) in [7, 11) is 0. The molecule has 4 heteroatoms. The quantitative estimate of drug-likeness (QED) is 0.799. The van der Waals surface area contributed by atoms with E-state index >= 15 is 0 Å². The Balaban J connectivity index is 2.05. The van der Waals surface area contributed by atoms with Crippen molar-refractivity contribution in [2.45, 2.75) is 52.1 Å². The summed E-state index contributed by atoms with van der Waals surface area (Å²) in [6.45, 7) is 6.67. The van der Waals surface area contributed by atoms with E-state index < -0.39 is 0 Å². The zero-order chi connectivity index (χ0) is 12.6. The van der Waals surface area contributed by atoms with Gasteiger partial charge in [-0.15, -0.1) is 0 Å². The Morgan fingerprint density at radius 3 is 2.59 bits per heavy atom. The maximum absolute atomic E-state index is 12.2. The van der Waals surface area contributed by atoms with Crippen molar-refractivity contribution in [3.05, 3.63) is 0 Å². The molecule has 3 atom stereocenters. The van der Waals surface area contributed by atoms with Crippen LogP contribution in [0.4, 0.5) is 0 Å². The number of hydrogen-bond donors (Lipinski definition) is 1. The van der Waals surface area contributed by atoms with Crippen molar-refractivity contribution in [1.82, 2.24) is 10.2 Å². The molecule has 0 radical (unpaired) electrons. The predicted octanol–water partition coefficient (Wildman–Crippen LogP) is 1.16. The Kier molecular flexibility index (Phi) is 3.40. The molecule has 17 heavy (non-hydrogen) atoms. The summed E-state index contributed by atoms with van der Waals surface area (Å²) in [5.74, 6) is 1.36. The number of carbonyl (C=O) groups is 2. The van der Waals surface area contributed by atoms with Gasteiger partial charge in [0.05, 0.1) is 0 Å². The minimum atomic E-state index is -0.315. The van der Waals surface area contributed by atoms with E-state index in [2.05, 4.69) is 12.2 Å². The second-order valence-corrected chi connectivity index (χ2v) is 5.45. The number of hydrogen-bond acceptors (Lipinski definition) is 2. The lowest BCUT2D eigenvalue weighted by molar-refractivity contribution is -0.149. The van der Waals surface area contributed by atoms with Crippen LogP contribution in [0.3, 0.4) is 0 Å². The van der Waals surface area contributed by atoms with E-state index in [-0.39, 0.29) is 23.9 Å². The van der Waals surface area contributed by atoms with Crippen molar-refractivity contribution in [2.75, 3.05) is 6.54 Å². The summed E-state index contributed by atoms with van der Waals surface area (Å²) < 4.78 is 0. The molecule has 3 unspecified atom stereocenters. The Bertz CT molecular complexity index is 325. The average Bonchev–Trinajstić information content (AvgIpc) is 3.13. The average molecular weight is 238 g/mol. The van der Waals surface area contributed by atoms with Gasteiger partial charge in [0, 0.05) is 6.54 Å². The highest BCUT2D eigenvalue weighted by molar-refractivity contribution is 5.96. The molecule has 0 aromatic carbocycles. The summed E-state index contributed by atoms with van der Waals surface area (Å²) in [6.07, 6.45) is 3.23. The molecule has 2 rings (SSSR count). The fourth-order valence-corrected chi connectivity index (χ4v) is 2.54. The Morgan fingerprint density at radius 2 is 2.06 bits per heavy atom. The molecule has 0 aromatic rings. The molecule has 1 heterocycles. The highest BCUT2D eigenvalue weighted by Crippen LogP contribution is 2.37. The van der Waals surface area contributed by atoms with E-state index in [1.54, 1.807) is 4.90 Å². The molecule has 2 amide bonds. The minimum Gasteiger partial charge on any atom is -0.343 e. The maximum atomic E-state index is 12.2. The number of nitrogens with zero attached hydrogens (tertiary/aromatic N) is 1. The van der Waals surface area contributed by atoms with Crippen LogP contribution in [0.2, 0.25) is 0 Å². The van der Waals surface area contributed by atoms with Gasteiger partial charge < -0.3 is 10.2 Å². The highest BCUT2D eigenvalue weighted by Gasteiger charge is 2.39. The fraction of sp³-hybridized carbons (Fsp3) is 0.846. The van der Waals surface area contributed by atoms with Gasteiger partial charge in [0.2, 0.25) is 11.8 Å². The molecule has 1 saturated heterocycles. The van der Waals surface area contributed by atoms with Gasteiger partial charge >= 0.3 is 0 Å². The molecular formula is C13H22N2O2. The lowest BCUT2D eigenvalue weighted by Gasteiger charge is -2.38. The third-order valence-electron chi connectivity index (χ3n) is 4.06. The first-order valence-electron chi connectivity index (χ1n) is 6.65. The Labute approximate surface area is 103 Å². The predicted molar refractivity (Wildman–Crippen MR) is 65.3 cm³/mol. The molecule has 0 bridgehead atoms. The molecular weight excluding hydrogens is 216 g/mol. The molecule has 1 N–H and O–H groups in total. The zero-order valence-corrected chi connectivity index (χ0v) is 10.9. The second-order valence-electron chi connectivity index (χ2n) is 5.45. The summed E-state index contributed by atoms with van der Waals surface area (Å²) in [5, 5.41) is 2.78. The standard InChI is InChI=1S/C13H22N2O2/c1-4-11-13(17)15(9(3)12(16)14-11)7-8(2)10-5-6-10/h8-11H,4-7H2,1-3H3,(H,14,16). The van der Waals surface area contributed by atoms with Crippen LogP contribution in [0.5, 0.6) is 0 Å². The van der Waals surface area contributed by atoms with E-state index in [4.69, 9.17) is 0 Å². The third kappa shape index (κ3) is 2.45. The summed E-state index contributed by atoms with van der Waals surface area (Å²) >= 11 is 0. The van der Waals surface area contributed by atoms with Gasteiger partial charge in [0.1, 0.15) is 12.1 Å². The molecule has 1 aliphatic heterocycles. The SMILES string of the molecule is CCC1NC(=O)C(C)N(CC(C)C2CC2)C1=O. The monoisotopic (exact) mass is 238 g/mol. The number of nitrogens with one attached hydrogen (secondary N) is 1. The van der Waals surface area contributed by atoms with E-state index in [9.17, 15) is 9.59 Å². The van der Waals surface area contributed by atoms with Crippen LogP contribution in [0, 0.1) is 11.8 Å². The van der Waals surface area contributed by atoms with E-state index in [1.165, 1.54) is 12.8 Å². The second kappa shape index (κ2) is 4.67. The van der Waals surface area contributed by atoms with Gasteiger partial charge in [0.15, 0.2) is 0 Å². The molecule has 1 aliphatic carbocycles. The molecule has 1 saturated carbocycles. The first kappa shape index (κ1) is 12.4. The topological polar surface area (TPSA) is 49.4 Å². The Morgan fingerprint density at radius 1 is 1.41 bits per heavy atom. The van der Waals surface area contributed by atoms with Crippen molar-refractivity contribution >= 4 is 11.8 Å². The number of carbonyl (C=O) groups excluding carboxylic acids is 2. The normalized spacial score (nSPS) is 31.4. The van der Waals surface area contributed by atoms with Gasteiger partial charge in [-0.2, -0.15) is 0 Å². The molecule has 0 aromatic heterocycles. The fourth-order valence-electron chi connectivity index (χ4n) is 2.54. The largest absolute Gasteiger partial charge is 0.343 e. The van der Waals surface area contributed by atoms with E-state index in [1.807, 2.05) is 13.8 Å². The van der Waals surface area contributed by atoms with Crippen LogP contribution in [0.25, 0.3) is 0 Å². The maximum Gasteiger partial charge on any atom is 0.245 e. The van der Waals surface area contributed by atoms with Crippen molar-refractivity contribution < 1.29 is 9.59 Å². The molecule has 2 aliphatic rings. The first-order chi connectivity index (χ1) is 8.04. The van der Waals surface area contributed by atoms with Crippen molar-refractivity contribution in [1.29, 1.82) is 0 Å². The van der Waals surface area contributed by atoms with Crippen LogP contribution in [-0.2, 0) is 9.59 Å². The van der Waals surface area contributed by atoms with Crippen molar-refractivity contribution in [3.8, 4) is 0 Å². The van der Waals surface area contributed by atoms with Crippen LogP contribution in [0.15, 0.2) is 0 Å². The highest BCUT2D eigenvalue weighted by atomic mass is 16.2. The lowest BCUT2D eigenvalue weighted by Crippen LogP contribution is -2.62. The summed E-state index contributed by atoms with van der Waals surface area (Å²) in [4.78, 5) is 25.8. The summed E-state index contributed by atoms with van der Waals surface area (Å²) in [6, 6.07) is -0.628. The van der Waals surface area contributed by atoms with Gasteiger partial charge in [-0.1, -0.05) is 13.8 Å². The first-order valence-corrected chi connectivity index (χ1v) is 6.65. The van der Waals surface area contributed by atoms with Crippen LogP contribution < -0.4 is 5.32 Å². The Hall–Kier alpha value is -1.06. The minimum absolute atomic E-state index is 0.0144. The van der Waals surface area contributed by atoms with Crippen molar-refractivity contribution in [3.63, 3.8) is 0 Å². The molecule has 96 valence electrons. The number of piperazine rings is 1. The summed E-state index contributed by atoms with van der Waals surface area (Å²) in [5.41, 5.74) is 0. The van der Waals surface area contributed by atoms with Gasteiger partial charge in [-0.25, -0.2) is 0 Å². The lowest BCUT2D eigenvalue weighted by atomic mass is 10.0. The zero-order valence-electron chi connectivity index (χ0n) is 10.9. The van der Waals surface area contributed by atoms with Crippen LogP contribution >= 0.6 is 0 Å². The van der Waals surface area contributed by atoms with Gasteiger partial charge in [0.25, 0.3) is 0 Å². The number of amides is 2. The number of rotatable bonds is 4.